The molecule has 1 N–H and O–H groups in total. The predicted octanol–water partition coefficient (Wildman–Crippen LogP) is 5.44. The van der Waals surface area contributed by atoms with Gasteiger partial charge in [0, 0.05) is 12.6 Å². The van der Waals surface area contributed by atoms with Gasteiger partial charge in [-0.2, -0.15) is 0 Å². The molecule has 1 aliphatic carbocycles. The maximum absolute atomic E-state index is 12.7. The Labute approximate surface area is 186 Å². The Balaban J connectivity index is 1.63. The predicted molar refractivity (Wildman–Crippen MR) is 128 cm³/mol. The van der Waals surface area contributed by atoms with E-state index in [0.29, 0.717) is 5.92 Å². The number of carbonyl (C=O) groups is 1. The lowest BCUT2D eigenvalue weighted by atomic mass is 9.78. The number of aryl methyl sites for hydroxylation is 1. The van der Waals surface area contributed by atoms with Gasteiger partial charge in [0.2, 0.25) is 0 Å². The van der Waals surface area contributed by atoms with Crippen molar-refractivity contribution in [2.75, 3.05) is 20.6 Å². The molecule has 31 heavy (non-hydrogen) atoms. The molecule has 0 saturated carbocycles. The van der Waals surface area contributed by atoms with Gasteiger partial charge in [-0.05, 0) is 67.6 Å². The van der Waals surface area contributed by atoms with Gasteiger partial charge in [-0.15, -0.1) is 0 Å². The number of ketones is 1. The first-order valence-corrected chi connectivity index (χ1v) is 11.2. The van der Waals surface area contributed by atoms with Crippen LogP contribution in [0.5, 0.6) is 0 Å². The van der Waals surface area contributed by atoms with Crippen LogP contribution in [-0.4, -0.2) is 31.3 Å². The second kappa shape index (κ2) is 9.59. The van der Waals surface area contributed by atoms with Gasteiger partial charge in [0.15, 0.2) is 5.78 Å². The summed E-state index contributed by atoms with van der Waals surface area (Å²) in [4.78, 5) is 15.0. The van der Waals surface area contributed by atoms with Crippen LogP contribution in [0, 0.1) is 5.92 Å². The summed E-state index contributed by atoms with van der Waals surface area (Å²) in [6.07, 6.45) is 2.23. The van der Waals surface area contributed by atoms with Crippen LogP contribution in [0.4, 0.5) is 0 Å². The maximum Gasteiger partial charge on any atom is 0.151 e. The fourth-order valence-electron chi connectivity index (χ4n) is 4.84. The van der Waals surface area contributed by atoms with Gasteiger partial charge in [-0.3, -0.25) is 10.1 Å². The molecule has 0 heterocycles. The Hall–Kier alpha value is -2.75. The molecule has 3 heteroatoms. The lowest BCUT2D eigenvalue weighted by Crippen LogP contribution is -2.41. The van der Waals surface area contributed by atoms with E-state index in [1.54, 1.807) is 6.92 Å². The monoisotopic (exact) mass is 412 g/mol. The van der Waals surface area contributed by atoms with Gasteiger partial charge in [0.05, 0.1) is 6.04 Å². The summed E-state index contributed by atoms with van der Waals surface area (Å²) in [5, 5.41) is 3.77. The second-order valence-corrected chi connectivity index (χ2v) is 8.94. The summed E-state index contributed by atoms with van der Waals surface area (Å²) in [5.41, 5.74) is 6.12. The minimum absolute atomic E-state index is 0.152. The third-order valence-corrected chi connectivity index (χ3v) is 6.35. The van der Waals surface area contributed by atoms with Crippen LogP contribution in [0.1, 0.15) is 42.1 Å². The summed E-state index contributed by atoms with van der Waals surface area (Å²) in [6.45, 7) is 2.70. The highest BCUT2D eigenvalue weighted by Crippen LogP contribution is 2.37. The zero-order valence-corrected chi connectivity index (χ0v) is 18.7. The Kier molecular flexibility index (Phi) is 6.64. The molecule has 0 amide bonds. The van der Waals surface area contributed by atoms with Crippen LogP contribution in [-0.2, 0) is 11.2 Å². The molecule has 0 aromatic heterocycles. The fourth-order valence-corrected chi connectivity index (χ4v) is 4.84. The van der Waals surface area contributed by atoms with Crippen LogP contribution >= 0.6 is 0 Å². The first-order chi connectivity index (χ1) is 15.0. The zero-order chi connectivity index (χ0) is 21.8. The van der Waals surface area contributed by atoms with E-state index in [9.17, 15) is 4.79 Å². The van der Waals surface area contributed by atoms with Gasteiger partial charge < -0.3 is 4.90 Å². The van der Waals surface area contributed by atoms with Crippen LogP contribution in [0.15, 0.2) is 78.9 Å². The highest BCUT2D eigenvalue weighted by Gasteiger charge is 2.32. The molecule has 3 unspecified atom stereocenters. The summed E-state index contributed by atoms with van der Waals surface area (Å²) in [7, 11) is 4.25. The molecule has 0 saturated heterocycles. The molecule has 1 aliphatic rings. The number of nitrogens with one attached hydrogen (secondary N) is 1. The van der Waals surface area contributed by atoms with E-state index in [4.69, 9.17) is 0 Å². The molecule has 0 spiro atoms. The van der Waals surface area contributed by atoms with Crippen molar-refractivity contribution in [2.24, 2.45) is 5.92 Å². The van der Waals surface area contributed by atoms with Gasteiger partial charge in [0.1, 0.15) is 0 Å². The van der Waals surface area contributed by atoms with Crippen LogP contribution < -0.4 is 5.32 Å². The molecule has 3 aromatic carbocycles. The van der Waals surface area contributed by atoms with Gasteiger partial charge >= 0.3 is 0 Å². The van der Waals surface area contributed by atoms with E-state index in [1.165, 1.54) is 22.3 Å². The van der Waals surface area contributed by atoms with Gasteiger partial charge in [-0.1, -0.05) is 78.9 Å². The Morgan fingerprint density at radius 3 is 2.26 bits per heavy atom. The zero-order valence-electron chi connectivity index (χ0n) is 18.7. The molecule has 3 atom stereocenters. The first kappa shape index (κ1) is 21.5. The highest BCUT2D eigenvalue weighted by atomic mass is 16.1. The molecule has 3 nitrogen and oxygen atoms in total. The minimum Gasteiger partial charge on any atom is -0.309 e. The first-order valence-electron chi connectivity index (χ1n) is 11.2. The number of carbonyl (C=O) groups excluding carboxylic acids is 1. The third-order valence-electron chi connectivity index (χ3n) is 6.35. The third kappa shape index (κ3) is 4.95. The largest absolute Gasteiger partial charge is 0.309 e. The van der Waals surface area contributed by atoms with Crippen molar-refractivity contribution < 1.29 is 4.79 Å². The molecular weight excluding hydrogens is 380 g/mol. The van der Waals surface area contributed by atoms with Crippen molar-refractivity contribution in [3.63, 3.8) is 0 Å². The minimum atomic E-state index is -0.314. The van der Waals surface area contributed by atoms with E-state index >= 15 is 0 Å². The van der Waals surface area contributed by atoms with Crippen molar-refractivity contribution in [1.82, 2.24) is 10.2 Å². The maximum atomic E-state index is 12.7. The number of benzene rings is 3. The van der Waals surface area contributed by atoms with Crippen LogP contribution in [0.2, 0.25) is 0 Å². The molecule has 4 rings (SSSR count). The molecule has 0 aliphatic heterocycles. The van der Waals surface area contributed by atoms with Crippen molar-refractivity contribution in [3.8, 4) is 11.1 Å². The van der Waals surface area contributed by atoms with E-state index < -0.39 is 0 Å². The lowest BCUT2D eigenvalue weighted by Gasteiger charge is -2.38. The van der Waals surface area contributed by atoms with Gasteiger partial charge in [0.25, 0.3) is 0 Å². The average molecular weight is 413 g/mol. The molecule has 0 radical (unpaired) electrons. The number of Topliss-reactive ketones (excluding diaryl/α,β-unsaturated/α-hetero) is 1. The van der Waals surface area contributed by atoms with E-state index in [0.717, 1.165) is 24.9 Å². The molecular formula is C28H32N2O. The molecule has 0 fully saturated rings. The average Bonchev–Trinajstić information content (AvgIpc) is 2.78. The fraction of sp³-hybridized carbons (Fsp3) is 0.321. The number of fused-ring (bicyclic) bond motifs is 1. The van der Waals surface area contributed by atoms with Crippen LogP contribution in [0.3, 0.4) is 0 Å². The van der Waals surface area contributed by atoms with Crippen molar-refractivity contribution >= 4 is 5.78 Å². The van der Waals surface area contributed by atoms with E-state index in [1.807, 2.05) is 6.07 Å². The molecule has 3 aromatic rings. The van der Waals surface area contributed by atoms with Crippen molar-refractivity contribution in [3.05, 3.63) is 95.6 Å². The number of rotatable bonds is 7. The Bertz CT molecular complexity index is 1010. The summed E-state index contributed by atoms with van der Waals surface area (Å²) in [5.74, 6) is 0.620. The van der Waals surface area contributed by atoms with Crippen molar-refractivity contribution in [2.45, 2.75) is 31.8 Å². The SMILES string of the molecule is CC(=O)C(NC1c2ccccc2CCC1CN(C)C)c1ccc(-c2ccccc2)cc1. The highest BCUT2D eigenvalue weighted by molar-refractivity contribution is 5.83. The van der Waals surface area contributed by atoms with E-state index in [2.05, 4.69) is 97.1 Å². The number of nitrogens with zero attached hydrogens (tertiary/aromatic N) is 1. The Morgan fingerprint density at radius 2 is 1.58 bits per heavy atom. The lowest BCUT2D eigenvalue weighted by molar-refractivity contribution is -0.119. The Morgan fingerprint density at radius 1 is 0.935 bits per heavy atom. The normalized spacial score (nSPS) is 19.1. The smallest absolute Gasteiger partial charge is 0.151 e. The topological polar surface area (TPSA) is 32.3 Å². The molecule has 160 valence electrons. The van der Waals surface area contributed by atoms with Gasteiger partial charge in [-0.25, -0.2) is 0 Å². The number of hydrogen-bond donors (Lipinski definition) is 1. The van der Waals surface area contributed by atoms with E-state index in [-0.39, 0.29) is 17.9 Å². The summed E-state index contributed by atoms with van der Waals surface area (Å²) >= 11 is 0. The summed E-state index contributed by atoms with van der Waals surface area (Å²) in [6, 6.07) is 27.3. The molecule has 0 bridgehead atoms. The quantitative estimate of drug-likeness (QED) is 0.561. The summed E-state index contributed by atoms with van der Waals surface area (Å²) < 4.78 is 0. The second-order valence-electron chi connectivity index (χ2n) is 8.94. The number of hydrogen-bond acceptors (Lipinski definition) is 3. The van der Waals surface area contributed by atoms with Crippen molar-refractivity contribution in [1.29, 1.82) is 0 Å². The standard InChI is InChI=1S/C28H32N2O/c1-20(31)27(24-16-13-22(14-17-24)21-9-5-4-6-10-21)29-28-25(19-30(2)3)18-15-23-11-7-8-12-26(23)28/h4-14,16-17,25,27-29H,15,18-19H2,1-3H3. The van der Waals surface area contributed by atoms with Crippen LogP contribution in [0.25, 0.3) is 11.1 Å².